The van der Waals surface area contributed by atoms with Crippen molar-refractivity contribution in [3.05, 3.63) is 0 Å². The van der Waals surface area contributed by atoms with Gasteiger partial charge in [0, 0.05) is 19.6 Å². The number of carbonyl (C=O) groups excluding carboxylic acids is 2. The summed E-state index contributed by atoms with van der Waals surface area (Å²) in [7, 11) is 0. The first kappa shape index (κ1) is 15.0. The average Bonchev–Trinajstić information content (AvgIpc) is 2.38. The van der Waals surface area contributed by atoms with Crippen molar-refractivity contribution in [1.82, 2.24) is 10.2 Å². The Kier molecular flexibility index (Phi) is 6.12. The number of ether oxygens (including phenoxy) is 1. The summed E-state index contributed by atoms with van der Waals surface area (Å²) in [5.74, 6) is -0.475. The molecular weight excluding hydrogens is 232 g/mol. The Morgan fingerprint density at radius 1 is 1.39 bits per heavy atom. The topological polar surface area (TPSA) is 58.6 Å². The normalized spacial score (nSPS) is 20.0. The fourth-order valence-electron chi connectivity index (χ4n) is 2.04. The van der Waals surface area contributed by atoms with Gasteiger partial charge in [0.1, 0.15) is 0 Å². The third-order valence-corrected chi connectivity index (χ3v) is 3.43. The van der Waals surface area contributed by atoms with E-state index in [2.05, 4.69) is 19.2 Å². The van der Waals surface area contributed by atoms with Crippen LogP contribution in [0.15, 0.2) is 0 Å². The lowest BCUT2D eigenvalue weighted by atomic mass is 10.0. The molecule has 1 heterocycles. The zero-order valence-corrected chi connectivity index (χ0v) is 11.6. The number of nitrogens with one attached hydrogen (secondary N) is 1. The Balaban J connectivity index is 2.38. The van der Waals surface area contributed by atoms with E-state index in [9.17, 15) is 9.59 Å². The van der Waals surface area contributed by atoms with Crippen molar-refractivity contribution in [2.45, 2.75) is 39.7 Å². The van der Waals surface area contributed by atoms with Gasteiger partial charge in [-0.2, -0.15) is 0 Å². The van der Waals surface area contributed by atoms with Crippen LogP contribution in [0.1, 0.15) is 33.6 Å². The Hall–Kier alpha value is -1.10. The van der Waals surface area contributed by atoms with Crippen LogP contribution in [0.5, 0.6) is 0 Å². The minimum atomic E-state index is -0.490. The van der Waals surface area contributed by atoms with Crippen LogP contribution in [0, 0.1) is 5.92 Å². The molecule has 0 aliphatic carbocycles. The predicted octanol–water partition coefficient (Wildman–Crippen LogP) is 0.786. The molecule has 18 heavy (non-hydrogen) atoms. The van der Waals surface area contributed by atoms with Gasteiger partial charge in [-0.3, -0.25) is 9.59 Å². The SMILES string of the molecule is CCC(CC)CNC(=O)C(=O)N1CCO[C@@H](C)C1. The fourth-order valence-corrected chi connectivity index (χ4v) is 2.04. The van der Waals surface area contributed by atoms with Crippen molar-refractivity contribution in [2.24, 2.45) is 5.92 Å². The quantitative estimate of drug-likeness (QED) is 0.756. The Bertz CT molecular complexity index is 290. The van der Waals surface area contributed by atoms with Crippen LogP contribution in [-0.4, -0.2) is 49.1 Å². The summed E-state index contributed by atoms with van der Waals surface area (Å²) in [6, 6.07) is 0. The summed E-state index contributed by atoms with van der Waals surface area (Å²) < 4.78 is 5.35. The largest absolute Gasteiger partial charge is 0.375 e. The van der Waals surface area contributed by atoms with E-state index in [1.54, 1.807) is 4.90 Å². The van der Waals surface area contributed by atoms with E-state index in [1.807, 2.05) is 6.92 Å². The molecule has 0 aromatic rings. The molecule has 5 heteroatoms. The van der Waals surface area contributed by atoms with Gasteiger partial charge in [0.15, 0.2) is 0 Å². The van der Waals surface area contributed by atoms with Crippen molar-refractivity contribution >= 4 is 11.8 Å². The van der Waals surface area contributed by atoms with Crippen molar-refractivity contribution in [2.75, 3.05) is 26.2 Å². The lowest BCUT2D eigenvalue weighted by molar-refractivity contribution is -0.150. The predicted molar refractivity (Wildman–Crippen MR) is 69.1 cm³/mol. The van der Waals surface area contributed by atoms with Gasteiger partial charge in [-0.05, 0) is 12.8 Å². The number of morpholine rings is 1. The summed E-state index contributed by atoms with van der Waals surface area (Å²) in [6.45, 7) is 8.17. The molecule has 1 aliphatic heterocycles. The van der Waals surface area contributed by atoms with E-state index < -0.39 is 11.8 Å². The summed E-state index contributed by atoms with van der Waals surface area (Å²) in [5, 5.41) is 2.73. The van der Waals surface area contributed by atoms with Crippen LogP contribution in [0.25, 0.3) is 0 Å². The highest BCUT2D eigenvalue weighted by Gasteiger charge is 2.26. The molecule has 0 aromatic heterocycles. The number of carbonyl (C=O) groups is 2. The number of hydrogen-bond donors (Lipinski definition) is 1. The molecule has 1 aliphatic rings. The molecule has 5 nitrogen and oxygen atoms in total. The van der Waals surface area contributed by atoms with Crippen LogP contribution in [0.4, 0.5) is 0 Å². The van der Waals surface area contributed by atoms with Crippen molar-refractivity contribution in [3.63, 3.8) is 0 Å². The number of nitrogens with zero attached hydrogens (tertiary/aromatic N) is 1. The first-order valence-corrected chi connectivity index (χ1v) is 6.77. The highest BCUT2D eigenvalue weighted by molar-refractivity contribution is 6.35. The lowest BCUT2D eigenvalue weighted by Crippen LogP contribution is -2.50. The van der Waals surface area contributed by atoms with E-state index >= 15 is 0 Å². The standard InChI is InChI=1S/C13H24N2O3/c1-4-11(5-2)8-14-12(16)13(17)15-6-7-18-10(3)9-15/h10-11H,4-9H2,1-3H3,(H,14,16)/t10-/m0/s1. The van der Waals surface area contributed by atoms with E-state index in [-0.39, 0.29) is 6.10 Å². The van der Waals surface area contributed by atoms with Gasteiger partial charge in [0.25, 0.3) is 0 Å². The average molecular weight is 256 g/mol. The van der Waals surface area contributed by atoms with Crippen LogP contribution < -0.4 is 5.32 Å². The molecule has 0 spiro atoms. The summed E-state index contributed by atoms with van der Waals surface area (Å²) >= 11 is 0. The summed E-state index contributed by atoms with van der Waals surface area (Å²) in [4.78, 5) is 25.2. The first-order valence-electron chi connectivity index (χ1n) is 6.77. The first-order chi connectivity index (χ1) is 8.58. The van der Waals surface area contributed by atoms with Crippen LogP contribution in [0.2, 0.25) is 0 Å². The van der Waals surface area contributed by atoms with E-state index in [0.29, 0.717) is 32.2 Å². The van der Waals surface area contributed by atoms with Gasteiger partial charge in [-0.1, -0.05) is 26.7 Å². The third-order valence-electron chi connectivity index (χ3n) is 3.43. The number of hydrogen-bond acceptors (Lipinski definition) is 3. The second-order valence-electron chi connectivity index (χ2n) is 4.83. The maximum Gasteiger partial charge on any atom is 0.312 e. The Morgan fingerprint density at radius 3 is 2.61 bits per heavy atom. The third kappa shape index (κ3) is 4.29. The van der Waals surface area contributed by atoms with Crippen LogP contribution in [-0.2, 0) is 14.3 Å². The van der Waals surface area contributed by atoms with Gasteiger partial charge in [0.2, 0.25) is 0 Å². The molecule has 0 unspecified atom stereocenters. The van der Waals surface area contributed by atoms with Crippen molar-refractivity contribution in [3.8, 4) is 0 Å². The molecule has 0 aromatic carbocycles. The van der Waals surface area contributed by atoms with E-state index in [1.165, 1.54) is 0 Å². The maximum atomic E-state index is 11.9. The Labute approximate surface area is 109 Å². The molecule has 1 fully saturated rings. The molecule has 0 radical (unpaired) electrons. The second kappa shape index (κ2) is 7.36. The Morgan fingerprint density at radius 2 is 2.06 bits per heavy atom. The maximum absolute atomic E-state index is 11.9. The molecule has 1 atom stereocenters. The van der Waals surface area contributed by atoms with Gasteiger partial charge < -0.3 is 15.0 Å². The molecule has 1 rings (SSSR count). The lowest BCUT2D eigenvalue weighted by Gasteiger charge is -2.30. The van der Waals surface area contributed by atoms with Gasteiger partial charge in [-0.25, -0.2) is 0 Å². The van der Waals surface area contributed by atoms with Crippen molar-refractivity contribution in [1.29, 1.82) is 0 Å². The summed E-state index contributed by atoms with van der Waals surface area (Å²) in [5.41, 5.74) is 0. The molecule has 1 saturated heterocycles. The highest BCUT2D eigenvalue weighted by atomic mass is 16.5. The molecule has 104 valence electrons. The zero-order chi connectivity index (χ0) is 13.5. The fraction of sp³-hybridized carbons (Fsp3) is 0.846. The number of amides is 2. The second-order valence-corrected chi connectivity index (χ2v) is 4.83. The smallest absolute Gasteiger partial charge is 0.312 e. The molecule has 1 N–H and O–H groups in total. The van der Waals surface area contributed by atoms with E-state index in [4.69, 9.17) is 4.74 Å². The van der Waals surface area contributed by atoms with Gasteiger partial charge in [0.05, 0.1) is 12.7 Å². The van der Waals surface area contributed by atoms with Gasteiger partial charge in [-0.15, -0.1) is 0 Å². The molecule has 0 bridgehead atoms. The molecule has 0 saturated carbocycles. The van der Waals surface area contributed by atoms with Crippen LogP contribution in [0.3, 0.4) is 0 Å². The zero-order valence-electron chi connectivity index (χ0n) is 11.6. The number of rotatable bonds is 4. The summed E-state index contributed by atoms with van der Waals surface area (Å²) in [6.07, 6.45) is 2.04. The highest BCUT2D eigenvalue weighted by Crippen LogP contribution is 2.06. The van der Waals surface area contributed by atoms with Crippen molar-refractivity contribution < 1.29 is 14.3 Å². The minimum absolute atomic E-state index is 0.00883. The monoisotopic (exact) mass is 256 g/mol. The molecule has 2 amide bonds. The van der Waals surface area contributed by atoms with Gasteiger partial charge >= 0.3 is 11.8 Å². The van der Waals surface area contributed by atoms with E-state index in [0.717, 1.165) is 12.8 Å². The molecular formula is C13H24N2O3. The van der Waals surface area contributed by atoms with Crippen LogP contribution >= 0.6 is 0 Å². The minimum Gasteiger partial charge on any atom is -0.375 e.